The van der Waals surface area contributed by atoms with E-state index in [1.807, 2.05) is 29.2 Å². The highest BCUT2D eigenvalue weighted by molar-refractivity contribution is 8.00. The van der Waals surface area contributed by atoms with Crippen LogP contribution in [0.1, 0.15) is 25.7 Å². The van der Waals surface area contributed by atoms with Crippen molar-refractivity contribution < 1.29 is 9.53 Å². The van der Waals surface area contributed by atoms with E-state index in [1.54, 1.807) is 0 Å². The van der Waals surface area contributed by atoms with Crippen molar-refractivity contribution >= 4 is 34.5 Å². The van der Waals surface area contributed by atoms with E-state index in [-0.39, 0.29) is 5.91 Å². The summed E-state index contributed by atoms with van der Waals surface area (Å²) in [6.07, 6.45) is 4.69. The average molecular weight is 387 g/mol. The minimum absolute atomic E-state index is 0.213. The maximum Gasteiger partial charge on any atom is 0.232 e. The molecular formula is C20H26N4O2S. The first-order valence-corrected chi connectivity index (χ1v) is 10.8. The zero-order valence-corrected chi connectivity index (χ0v) is 16.4. The lowest BCUT2D eigenvalue weighted by atomic mass is 10.2. The molecule has 0 aliphatic carbocycles. The number of likely N-dealkylation sites (tertiary alicyclic amines) is 1. The number of thioether (sulfide) groups is 1. The van der Waals surface area contributed by atoms with Crippen LogP contribution in [0.2, 0.25) is 0 Å². The lowest BCUT2D eigenvalue weighted by molar-refractivity contribution is -0.128. The highest BCUT2D eigenvalue weighted by atomic mass is 32.2. The van der Waals surface area contributed by atoms with E-state index in [0.29, 0.717) is 19.0 Å². The molecule has 7 heteroatoms. The fourth-order valence-corrected chi connectivity index (χ4v) is 4.50. The number of benzene rings is 1. The largest absolute Gasteiger partial charge is 0.378 e. The molecule has 2 aliphatic heterocycles. The summed E-state index contributed by atoms with van der Waals surface area (Å²) in [5.74, 6) is 1.51. The van der Waals surface area contributed by atoms with Crippen molar-refractivity contribution in [3.8, 4) is 0 Å². The van der Waals surface area contributed by atoms with Gasteiger partial charge in [0.05, 0.1) is 30.0 Å². The van der Waals surface area contributed by atoms with Crippen LogP contribution in [0.4, 0.5) is 5.82 Å². The van der Waals surface area contributed by atoms with Crippen LogP contribution in [0.15, 0.2) is 29.3 Å². The second-order valence-electron chi connectivity index (χ2n) is 7.02. The Kier molecular flexibility index (Phi) is 6.09. The number of amides is 1. The molecule has 2 fully saturated rings. The third-order valence-electron chi connectivity index (χ3n) is 5.12. The van der Waals surface area contributed by atoms with Crippen LogP contribution in [-0.4, -0.2) is 65.9 Å². The van der Waals surface area contributed by atoms with Crippen molar-refractivity contribution in [2.75, 3.05) is 50.0 Å². The molecule has 2 aromatic rings. The van der Waals surface area contributed by atoms with E-state index < -0.39 is 0 Å². The van der Waals surface area contributed by atoms with Gasteiger partial charge in [0.1, 0.15) is 5.03 Å². The highest BCUT2D eigenvalue weighted by Crippen LogP contribution is 2.30. The summed E-state index contributed by atoms with van der Waals surface area (Å²) < 4.78 is 5.48. The van der Waals surface area contributed by atoms with Crippen molar-refractivity contribution in [1.29, 1.82) is 0 Å². The Labute approximate surface area is 164 Å². The normalized spacial score (nSPS) is 18.5. The molecule has 27 heavy (non-hydrogen) atoms. The van der Waals surface area contributed by atoms with Crippen molar-refractivity contribution in [3.05, 3.63) is 24.3 Å². The summed E-state index contributed by atoms with van der Waals surface area (Å²) in [4.78, 5) is 26.6. The molecule has 3 heterocycles. The summed E-state index contributed by atoms with van der Waals surface area (Å²) in [5.41, 5.74) is 1.77. The SMILES string of the molecule is O=C(CSc1nc2ccccc2nc1N1CCOCC1)N1CCCCCC1. The topological polar surface area (TPSA) is 58.6 Å². The van der Waals surface area contributed by atoms with Crippen LogP contribution in [0.25, 0.3) is 11.0 Å². The van der Waals surface area contributed by atoms with E-state index in [4.69, 9.17) is 14.7 Å². The first kappa shape index (κ1) is 18.5. The summed E-state index contributed by atoms with van der Waals surface area (Å²) in [5, 5.41) is 0.846. The molecular weight excluding hydrogens is 360 g/mol. The van der Waals surface area contributed by atoms with Gasteiger partial charge in [-0.2, -0.15) is 0 Å². The minimum Gasteiger partial charge on any atom is -0.378 e. The van der Waals surface area contributed by atoms with Crippen molar-refractivity contribution in [2.45, 2.75) is 30.7 Å². The molecule has 0 radical (unpaired) electrons. The molecule has 1 aromatic heterocycles. The Hall–Kier alpha value is -1.86. The first-order chi connectivity index (χ1) is 13.3. The average Bonchev–Trinajstić information content (AvgIpc) is 3.01. The zero-order chi connectivity index (χ0) is 18.5. The van der Waals surface area contributed by atoms with Gasteiger partial charge in [0.25, 0.3) is 0 Å². The third kappa shape index (κ3) is 4.52. The molecule has 0 atom stereocenters. The number of morpholine rings is 1. The van der Waals surface area contributed by atoms with Crippen molar-refractivity contribution in [3.63, 3.8) is 0 Å². The first-order valence-electron chi connectivity index (χ1n) is 9.81. The second kappa shape index (κ2) is 8.89. The number of carbonyl (C=O) groups excluding carboxylic acids is 1. The summed E-state index contributed by atoms with van der Waals surface area (Å²) in [6.45, 7) is 4.79. The standard InChI is InChI=1S/C20H26N4O2S/c25-18(23-9-5-1-2-6-10-23)15-27-20-19(24-11-13-26-14-12-24)21-16-7-3-4-8-17(16)22-20/h3-4,7-8H,1-2,5-6,9-15H2. The number of carbonyl (C=O) groups is 1. The van der Waals surface area contributed by atoms with Gasteiger partial charge >= 0.3 is 0 Å². The van der Waals surface area contributed by atoms with Gasteiger partial charge in [0.15, 0.2) is 5.82 Å². The smallest absolute Gasteiger partial charge is 0.232 e. The van der Waals surface area contributed by atoms with Crippen LogP contribution < -0.4 is 4.90 Å². The number of fused-ring (bicyclic) bond motifs is 1. The number of aromatic nitrogens is 2. The Morgan fingerprint density at radius 2 is 1.63 bits per heavy atom. The number of nitrogens with zero attached hydrogens (tertiary/aromatic N) is 4. The van der Waals surface area contributed by atoms with Gasteiger partial charge in [-0.15, -0.1) is 0 Å². The molecule has 2 aliphatic rings. The quantitative estimate of drug-likeness (QED) is 0.753. The van der Waals surface area contributed by atoms with E-state index in [2.05, 4.69) is 4.90 Å². The fourth-order valence-electron chi connectivity index (χ4n) is 3.59. The summed E-state index contributed by atoms with van der Waals surface area (Å²) >= 11 is 1.52. The molecule has 2 saturated heterocycles. The lowest BCUT2D eigenvalue weighted by Crippen LogP contribution is -2.37. The van der Waals surface area contributed by atoms with Gasteiger partial charge in [-0.3, -0.25) is 4.79 Å². The maximum absolute atomic E-state index is 12.7. The molecule has 0 bridgehead atoms. The van der Waals surface area contributed by atoms with E-state index in [1.165, 1.54) is 24.6 Å². The number of para-hydroxylation sites is 2. The van der Waals surface area contributed by atoms with Crippen LogP contribution in [0.3, 0.4) is 0 Å². The maximum atomic E-state index is 12.7. The van der Waals surface area contributed by atoms with Gasteiger partial charge < -0.3 is 14.5 Å². The molecule has 1 aromatic carbocycles. The van der Waals surface area contributed by atoms with Crippen LogP contribution in [0.5, 0.6) is 0 Å². The van der Waals surface area contributed by atoms with Gasteiger partial charge in [0, 0.05) is 26.2 Å². The zero-order valence-electron chi connectivity index (χ0n) is 15.6. The monoisotopic (exact) mass is 386 g/mol. The molecule has 144 valence electrons. The number of rotatable bonds is 4. The van der Waals surface area contributed by atoms with Gasteiger partial charge in [-0.05, 0) is 25.0 Å². The predicted molar refractivity (Wildman–Crippen MR) is 108 cm³/mol. The minimum atomic E-state index is 0.213. The molecule has 0 unspecified atom stereocenters. The molecule has 0 saturated carbocycles. The Balaban J connectivity index is 1.54. The molecule has 0 N–H and O–H groups in total. The summed E-state index contributed by atoms with van der Waals surface area (Å²) in [6, 6.07) is 7.92. The number of anilines is 1. The number of hydrogen-bond donors (Lipinski definition) is 0. The summed E-state index contributed by atoms with van der Waals surface area (Å²) in [7, 11) is 0. The predicted octanol–water partition coefficient (Wildman–Crippen LogP) is 2.96. The molecule has 1 amide bonds. The van der Waals surface area contributed by atoms with Crippen LogP contribution in [-0.2, 0) is 9.53 Å². The lowest BCUT2D eigenvalue weighted by Gasteiger charge is -2.29. The molecule has 6 nitrogen and oxygen atoms in total. The van der Waals surface area contributed by atoms with Crippen molar-refractivity contribution in [2.24, 2.45) is 0 Å². The van der Waals surface area contributed by atoms with Crippen molar-refractivity contribution in [1.82, 2.24) is 14.9 Å². The Bertz CT molecular complexity index is 787. The van der Waals surface area contributed by atoms with Gasteiger partial charge in [-0.25, -0.2) is 9.97 Å². The second-order valence-corrected chi connectivity index (χ2v) is 7.99. The molecule has 4 rings (SSSR count). The van der Waals surface area contributed by atoms with Crippen LogP contribution >= 0.6 is 11.8 Å². The third-order valence-corrected chi connectivity index (χ3v) is 6.06. The van der Waals surface area contributed by atoms with E-state index in [0.717, 1.165) is 60.9 Å². The Morgan fingerprint density at radius 1 is 0.963 bits per heavy atom. The Morgan fingerprint density at radius 3 is 2.33 bits per heavy atom. The number of hydrogen-bond acceptors (Lipinski definition) is 6. The molecule has 0 spiro atoms. The van der Waals surface area contributed by atoms with Crippen LogP contribution in [0, 0.1) is 0 Å². The van der Waals surface area contributed by atoms with Gasteiger partial charge in [-0.1, -0.05) is 36.7 Å². The van der Waals surface area contributed by atoms with Gasteiger partial charge in [0.2, 0.25) is 5.91 Å². The van der Waals surface area contributed by atoms with E-state index in [9.17, 15) is 4.79 Å². The fraction of sp³-hybridized carbons (Fsp3) is 0.550. The van der Waals surface area contributed by atoms with E-state index >= 15 is 0 Å². The number of ether oxygens (including phenoxy) is 1. The highest BCUT2D eigenvalue weighted by Gasteiger charge is 2.21.